The van der Waals surface area contributed by atoms with Crippen LogP contribution < -0.4 is 5.32 Å². The number of hydrogen-bond donors (Lipinski definition) is 2. The molecule has 1 aliphatic carbocycles. The predicted octanol–water partition coefficient (Wildman–Crippen LogP) is 5.70. The van der Waals surface area contributed by atoms with Gasteiger partial charge in [-0.1, -0.05) is 48.7 Å². The molecule has 1 aromatic rings. The molecule has 2 aliphatic rings. The zero-order valence-electron chi connectivity index (χ0n) is 17.1. The summed E-state index contributed by atoms with van der Waals surface area (Å²) < 4.78 is 0. The number of rotatable bonds is 6. The number of urea groups is 1. The summed E-state index contributed by atoms with van der Waals surface area (Å²) in [5.41, 5.74) is 3.73. The second-order valence-electron chi connectivity index (χ2n) is 8.00. The zero-order chi connectivity index (χ0) is 21.0. The van der Waals surface area contributed by atoms with E-state index in [4.69, 9.17) is 16.7 Å². The number of allylic oxidation sites excluding steroid dienone is 1. The molecule has 29 heavy (non-hydrogen) atoms. The van der Waals surface area contributed by atoms with E-state index >= 15 is 0 Å². The first-order valence-corrected chi connectivity index (χ1v) is 10.7. The van der Waals surface area contributed by atoms with Crippen molar-refractivity contribution in [3.05, 3.63) is 51.7 Å². The van der Waals surface area contributed by atoms with Gasteiger partial charge in [-0.2, -0.15) is 0 Å². The molecule has 156 valence electrons. The predicted molar refractivity (Wildman–Crippen MR) is 116 cm³/mol. The smallest absolute Gasteiger partial charge is 0.322 e. The number of hydrogen-bond acceptors (Lipinski definition) is 2. The van der Waals surface area contributed by atoms with Crippen LogP contribution in [-0.2, 0) is 10.3 Å². The van der Waals surface area contributed by atoms with Gasteiger partial charge >= 0.3 is 12.0 Å². The molecule has 0 saturated heterocycles. The first kappa shape index (κ1) is 21.4. The van der Waals surface area contributed by atoms with Crippen LogP contribution in [0.2, 0.25) is 5.02 Å². The van der Waals surface area contributed by atoms with Crippen LogP contribution in [0, 0.1) is 0 Å². The van der Waals surface area contributed by atoms with Crippen molar-refractivity contribution in [2.75, 3.05) is 6.54 Å². The standard InChI is InChI=1S/C23H29ClN2O3/c1-3-18-15-26(12-11-21(27)28)22(29)25-23(18,2)19-10-9-17(20(24)14-19)13-16-7-5-4-6-8-16/h9-10,13-15H,3-8,11-12H2,1-2H3,(H,25,29)(H,27,28)/t23-/m1/s1. The number of aliphatic carboxylic acids is 1. The van der Waals surface area contributed by atoms with Gasteiger partial charge in [-0.3, -0.25) is 4.79 Å². The maximum absolute atomic E-state index is 12.6. The third-order valence-electron chi connectivity index (χ3n) is 5.95. The summed E-state index contributed by atoms with van der Waals surface area (Å²) in [5.74, 6) is -0.924. The van der Waals surface area contributed by atoms with Gasteiger partial charge in [0, 0.05) is 17.8 Å². The number of amides is 2. The highest BCUT2D eigenvalue weighted by Gasteiger charge is 2.37. The molecule has 5 nitrogen and oxygen atoms in total. The van der Waals surface area contributed by atoms with Gasteiger partial charge in [-0.25, -0.2) is 4.79 Å². The van der Waals surface area contributed by atoms with Crippen LogP contribution in [0.3, 0.4) is 0 Å². The van der Waals surface area contributed by atoms with Crippen molar-refractivity contribution < 1.29 is 14.7 Å². The van der Waals surface area contributed by atoms with Crippen LogP contribution in [0.5, 0.6) is 0 Å². The van der Waals surface area contributed by atoms with Crippen LogP contribution in [-0.4, -0.2) is 28.6 Å². The third-order valence-corrected chi connectivity index (χ3v) is 6.28. The molecule has 0 radical (unpaired) electrons. The highest BCUT2D eigenvalue weighted by molar-refractivity contribution is 6.32. The van der Waals surface area contributed by atoms with E-state index in [1.807, 2.05) is 32.0 Å². The van der Waals surface area contributed by atoms with E-state index in [0.29, 0.717) is 5.02 Å². The van der Waals surface area contributed by atoms with E-state index in [0.717, 1.165) is 36.0 Å². The number of nitrogens with one attached hydrogen (secondary N) is 1. The lowest BCUT2D eigenvalue weighted by Gasteiger charge is -2.40. The average Bonchev–Trinajstić information content (AvgIpc) is 2.69. The van der Waals surface area contributed by atoms with Gasteiger partial charge in [0.25, 0.3) is 0 Å². The number of benzene rings is 1. The van der Waals surface area contributed by atoms with Crippen molar-refractivity contribution in [2.24, 2.45) is 0 Å². The summed E-state index contributed by atoms with van der Waals surface area (Å²) >= 11 is 6.62. The van der Waals surface area contributed by atoms with Crippen LogP contribution in [0.25, 0.3) is 6.08 Å². The molecule has 1 heterocycles. The number of carboxylic acid groups (broad SMARTS) is 1. The summed E-state index contributed by atoms with van der Waals surface area (Å²) in [6, 6.07) is 5.70. The molecule has 1 aromatic carbocycles. The first-order valence-electron chi connectivity index (χ1n) is 10.3. The van der Waals surface area contributed by atoms with E-state index in [1.54, 1.807) is 6.20 Å². The minimum absolute atomic E-state index is 0.0905. The lowest BCUT2D eigenvalue weighted by Crippen LogP contribution is -2.54. The maximum atomic E-state index is 12.6. The monoisotopic (exact) mass is 416 g/mol. The number of carboxylic acids is 1. The summed E-state index contributed by atoms with van der Waals surface area (Å²) in [4.78, 5) is 24.9. The fraction of sp³-hybridized carbons (Fsp3) is 0.478. The van der Waals surface area contributed by atoms with Gasteiger partial charge in [0.2, 0.25) is 0 Å². The Morgan fingerprint density at radius 3 is 2.66 bits per heavy atom. The second-order valence-corrected chi connectivity index (χ2v) is 8.41. The Kier molecular flexibility index (Phi) is 6.68. The molecule has 0 bridgehead atoms. The average molecular weight is 417 g/mol. The van der Waals surface area contributed by atoms with Crippen LogP contribution in [0.15, 0.2) is 35.5 Å². The minimum Gasteiger partial charge on any atom is -0.481 e. The van der Waals surface area contributed by atoms with E-state index in [-0.39, 0.29) is 19.0 Å². The van der Waals surface area contributed by atoms with Gasteiger partial charge in [-0.05, 0) is 61.8 Å². The summed E-state index contributed by atoms with van der Waals surface area (Å²) in [6.07, 6.45) is 10.7. The van der Waals surface area contributed by atoms with Crippen molar-refractivity contribution in [1.82, 2.24) is 10.2 Å². The van der Waals surface area contributed by atoms with Crippen molar-refractivity contribution in [2.45, 2.75) is 64.3 Å². The SMILES string of the molecule is CCC1=CN(CCC(=O)O)C(=O)N[C@@]1(C)c1ccc(C=C2CCCCC2)c(Cl)c1. The Morgan fingerprint density at radius 2 is 2.03 bits per heavy atom. The van der Waals surface area contributed by atoms with Gasteiger partial charge in [-0.15, -0.1) is 0 Å². The highest BCUT2D eigenvalue weighted by Crippen LogP contribution is 2.37. The quantitative estimate of drug-likeness (QED) is 0.625. The van der Waals surface area contributed by atoms with Crippen molar-refractivity contribution in [3.63, 3.8) is 0 Å². The highest BCUT2D eigenvalue weighted by atomic mass is 35.5. The molecule has 2 amide bonds. The maximum Gasteiger partial charge on any atom is 0.322 e. The number of carbonyl (C=O) groups excluding carboxylic acids is 1. The molecule has 1 fully saturated rings. The van der Waals surface area contributed by atoms with Crippen molar-refractivity contribution in [1.29, 1.82) is 0 Å². The molecule has 0 unspecified atom stereocenters. The zero-order valence-corrected chi connectivity index (χ0v) is 17.9. The molecule has 3 rings (SSSR count). The molecule has 0 spiro atoms. The molecule has 1 aliphatic heterocycles. The first-order chi connectivity index (χ1) is 13.8. The minimum atomic E-state index is -0.924. The third kappa shape index (κ3) is 4.84. The summed E-state index contributed by atoms with van der Waals surface area (Å²) in [7, 11) is 0. The van der Waals surface area contributed by atoms with Gasteiger partial charge in [0.05, 0.1) is 12.0 Å². The van der Waals surface area contributed by atoms with Crippen molar-refractivity contribution >= 4 is 29.7 Å². The Morgan fingerprint density at radius 1 is 1.31 bits per heavy atom. The van der Waals surface area contributed by atoms with E-state index in [2.05, 4.69) is 11.4 Å². The molecular weight excluding hydrogens is 388 g/mol. The molecule has 1 saturated carbocycles. The Labute approximate surface area is 177 Å². The lowest BCUT2D eigenvalue weighted by atomic mass is 9.81. The van der Waals surface area contributed by atoms with Crippen LogP contribution in [0.4, 0.5) is 4.79 Å². The second kappa shape index (κ2) is 9.04. The fourth-order valence-electron chi connectivity index (χ4n) is 4.15. The number of nitrogens with zero attached hydrogens (tertiary/aromatic N) is 1. The van der Waals surface area contributed by atoms with Crippen LogP contribution in [0.1, 0.15) is 69.9 Å². The summed E-state index contributed by atoms with van der Waals surface area (Å²) in [5, 5.41) is 12.7. The molecule has 2 N–H and O–H groups in total. The number of carbonyl (C=O) groups is 2. The Balaban J connectivity index is 1.88. The van der Waals surface area contributed by atoms with Crippen molar-refractivity contribution in [3.8, 4) is 0 Å². The molecule has 0 aromatic heterocycles. The fourth-order valence-corrected chi connectivity index (χ4v) is 4.39. The lowest BCUT2D eigenvalue weighted by molar-refractivity contribution is -0.137. The number of halogens is 1. The van der Waals surface area contributed by atoms with E-state index < -0.39 is 11.5 Å². The van der Waals surface area contributed by atoms with Gasteiger partial charge in [0.1, 0.15) is 0 Å². The molecule has 1 atom stereocenters. The van der Waals surface area contributed by atoms with Gasteiger partial charge in [0.15, 0.2) is 0 Å². The van der Waals surface area contributed by atoms with E-state index in [1.165, 1.54) is 29.7 Å². The summed E-state index contributed by atoms with van der Waals surface area (Å²) in [6.45, 7) is 4.15. The topological polar surface area (TPSA) is 69.6 Å². The normalized spacial score (nSPS) is 22.2. The largest absolute Gasteiger partial charge is 0.481 e. The van der Waals surface area contributed by atoms with E-state index in [9.17, 15) is 9.59 Å². The molecular formula is C23H29ClN2O3. The Bertz CT molecular complexity index is 854. The Hall–Kier alpha value is -2.27. The molecule has 6 heteroatoms. The van der Waals surface area contributed by atoms with Gasteiger partial charge < -0.3 is 15.3 Å². The van der Waals surface area contributed by atoms with Crippen LogP contribution >= 0.6 is 11.6 Å².